The fraction of sp³-hybridized carbons (Fsp3) is 0.909. The largest absolute Gasteiger partial charge is 0.331 e. The zero-order valence-electron chi connectivity index (χ0n) is 9.13. The van der Waals surface area contributed by atoms with Crippen molar-refractivity contribution in [1.82, 2.24) is 4.90 Å². The summed E-state index contributed by atoms with van der Waals surface area (Å²) in [5, 5.41) is 0. The van der Waals surface area contributed by atoms with Gasteiger partial charge in [-0.05, 0) is 32.1 Å². The van der Waals surface area contributed by atoms with Gasteiger partial charge in [0.25, 0.3) is 0 Å². The van der Waals surface area contributed by atoms with Crippen molar-refractivity contribution in [2.75, 3.05) is 6.54 Å². The van der Waals surface area contributed by atoms with Gasteiger partial charge in [0.2, 0.25) is 5.91 Å². The molecule has 0 aromatic heterocycles. The quantitative estimate of drug-likeness (QED) is 0.445. The summed E-state index contributed by atoms with van der Waals surface area (Å²) in [5.74, 6) is 0.638. The first kappa shape index (κ1) is 12.3. The standard InChI is InChI=1S/C11H20INO/c1-3-9(4-2)11(14)13-8-6-5-7-10(13)12/h9-10H,3-8H2,1-2H3. The van der Waals surface area contributed by atoms with Crippen LogP contribution in [0.1, 0.15) is 46.0 Å². The number of hydrogen-bond donors (Lipinski definition) is 0. The summed E-state index contributed by atoms with van der Waals surface area (Å²) >= 11 is 2.41. The number of nitrogens with zero attached hydrogens (tertiary/aromatic N) is 1. The molecule has 0 bridgehead atoms. The van der Waals surface area contributed by atoms with Gasteiger partial charge in [-0.3, -0.25) is 4.79 Å². The second-order valence-electron chi connectivity index (χ2n) is 3.98. The predicted molar refractivity (Wildman–Crippen MR) is 67.4 cm³/mol. The van der Waals surface area contributed by atoms with E-state index in [-0.39, 0.29) is 5.92 Å². The maximum Gasteiger partial charge on any atom is 0.226 e. The van der Waals surface area contributed by atoms with Crippen molar-refractivity contribution in [3.05, 3.63) is 0 Å². The van der Waals surface area contributed by atoms with Crippen LogP contribution in [-0.4, -0.2) is 21.4 Å². The Balaban J connectivity index is 2.57. The summed E-state index contributed by atoms with van der Waals surface area (Å²) in [7, 11) is 0. The summed E-state index contributed by atoms with van der Waals surface area (Å²) in [5.41, 5.74) is 0. The lowest BCUT2D eigenvalue weighted by Crippen LogP contribution is -2.43. The molecule has 0 radical (unpaired) electrons. The minimum atomic E-state index is 0.255. The lowest BCUT2D eigenvalue weighted by atomic mass is 10.00. The fourth-order valence-electron chi connectivity index (χ4n) is 2.01. The van der Waals surface area contributed by atoms with Crippen LogP contribution in [0.5, 0.6) is 0 Å². The van der Waals surface area contributed by atoms with E-state index in [2.05, 4.69) is 41.3 Å². The molecule has 0 aromatic carbocycles. The van der Waals surface area contributed by atoms with Gasteiger partial charge in [0.15, 0.2) is 0 Å². The topological polar surface area (TPSA) is 20.3 Å². The molecule has 82 valence electrons. The van der Waals surface area contributed by atoms with Crippen molar-refractivity contribution in [3.8, 4) is 0 Å². The number of rotatable bonds is 3. The molecule has 0 aromatic rings. The molecule has 1 fully saturated rings. The SMILES string of the molecule is CCC(CC)C(=O)N1CCCCC1I. The van der Waals surface area contributed by atoms with E-state index in [1.165, 1.54) is 19.3 Å². The van der Waals surface area contributed by atoms with E-state index < -0.39 is 0 Å². The summed E-state index contributed by atoms with van der Waals surface area (Å²) in [6.07, 6.45) is 5.60. The number of hydrogen-bond acceptors (Lipinski definition) is 1. The maximum absolute atomic E-state index is 12.1. The lowest BCUT2D eigenvalue weighted by Gasteiger charge is -2.34. The Bertz CT molecular complexity index is 192. The molecule has 1 aliphatic rings. The minimum absolute atomic E-state index is 0.255. The Morgan fingerprint density at radius 2 is 2.07 bits per heavy atom. The first-order chi connectivity index (χ1) is 6.70. The molecule has 0 spiro atoms. The van der Waals surface area contributed by atoms with Crippen LogP contribution in [0, 0.1) is 5.92 Å². The van der Waals surface area contributed by atoms with Crippen LogP contribution >= 0.6 is 22.6 Å². The molecule has 1 rings (SSSR count). The zero-order chi connectivity index (χ0) is 10.6. The minimum Gasteiger partial charge on any atom is -0.331 e. The van der Waals surface area contributed by atoms with E-state index in [9.17, 15) is 4.79 Å². The number of alkyl halides is 1. The maximum atomic E-state index is 12.1. The van der Waals surface area contributed by atoms with Crippen LogP contribution in [0.4, 0.5) is 0 Å². The summed E-state index contributed by atoms with van der Waals surface area (Å²) < 4.78 is 0.439. The summed E-state index contributed by atoms with van der Waals surface area (Å²) in [6.45, 7) is 5.19. The van der Waals surface area contributed by atoms with Crippen molar-refractivity contribution < 1.29 is 4.79 Å². The van der Waals surface area contributed by atoms with E-state index in [0.717, 1.165) is 19.4 Å². The second kappa shape index (κ2) is 5.93. The van der Waals surface area contributed by atoms with Crippen LogP contribution in [0.15, 0.2) is 0 Å². The van der Waals surface area contributed by atoms with Gasteiger partial charge in [0, 0.05) is 12.5 Å². The molecule has 0 aliphatic carbocycles. The number of carbonyl (C=O) groups is 1. The van der Waals surface area contributed by atoms with Crippen LogP contribution < -0.4 is 0 Å². The number of halogens is 1. The van der Waals surface area contributed by atoms with Gasteiger partial charge in [-0.25, -0.2) is 0 Å². The van der Waals surface area contributed by atoms with Crippen molar-refractivity contribution in [2.24, 2.45) is 5.92 Å². The summed E-state index contributed by atoms with van der Waals surface area (Å²) in [4.78, 5) is 14.2. The second-order valence-corrected chi connectivity index (χ2v) is 5.41. The van der Waals surface area contributed by atoms with Gasteiger partial charge in [0.1, 0.15) is 0 Å². The van der Waals surface area contributed by atoms with Crippen molar-refractivity contribution >= 4 is 28.5 Å². The summed E-state index contributed by atoms with van der Waals surface area (Å²) in [6, 6.07) is 0. The third-order valence-electron chi connectivity index (χ3n) is 3.05. The first-order valence-electron chi connectivity index (χ1n) is 5.65. The van der Waals surface area contributed by atoms with Crippen LogP contribution in [0.25, 0.3) is 0 Å². The molecule has 3 heteroatoms. The van der Waals surface area contributed by atoms with Crippen LogP contribution in [-0.2, 0) is 4.79 Å². The van der Waals surface area contributed by atoms with Gasteiger partial charge in [-0.15, -0.1) is 0 Å². The van der Waals surface area contributed by atoms with Crippen LogP contribution in [0.2, 0.25) is 0 Å². The smallest absolute Gasteiger partial charge is 0.226 e. The average molecular weight is 309 g/mol. The molecule has 1 unspecified atom stereocenters. The molecule has 1 amide bonds. The normalized spacial score (nSPS) is 22.9. The van der Waals surface area contributed by atoms with Gasteiger partial charge < -0.3 is 4.90 Å². The van der Waals surface area contributed by atoms with Gasteiger partial charge >= 0.3 is 0 Å². The van der Waals surface area contributed by atoms with Gasteiger partial charge in [0.05, 0.1) is 4.05 Å². The molecule has 0 saturated carbocycles. The van der Waals surface area contributed by atoms with Gasteiger partial charge in [-0.1, -0.05) is 36.4 Å². The molecule has 2 nitrogen and oxygen atoms in total. The Morgan fingerprint density at radius 1 is 1.43 bits per heavy atom. The van der Waals surface area contributed by atoms with Crippen molar-refractivity contribution in [2.45, 2.75) is 50.0 Å². The van der Waals surface area contributed by atoms with E-state index in [4.69, 9.17) is 0 Å². The number of carbonyl (C=O) groups excluding carboxylic acids is 1. The predicted octanol–water partition coefficient (Wildman–Crippen LogP) is 3.20. The van der Waals surface area contributed by atoms with E-state index in [1.54, 1.807) is 0 Å². The zero-order valence-corrected chi connectivity index (χ0v) is 11.3. The highest BCUT2D eigenvalue weighted by Gasteiger charge is 2.28. The number of amides is 1. The first-order valence-corrected chi connectivity index (χ1v) is 6.89. The number of likely N-dealkylation sites (tertiary alicyclic amines) is 1. The Labute approximate surface area is 101 Å². The lowest BCUT2D eigenvalue weighted by molar-refractivity contribution is -0.137. The highest BCUT2D eigenvalue weighted by Crippen LogP contribution is 2.25. The number of piperidine rings is 1. The molecule has 1 aliphatic heterocycles. The molecule has 1 heterocycles. The molecular weight excluding hydrogens is 289 g/mol. The molecular formula is C11H20INO. The monoisotopic (exact) mass is 309 g/mol. The molecule has 0 N–H and O–H groups in total. The highest BCUT2D eigenvalue weighted by atomic mass is 127. The fourth-order valence-corrected chi connectivity index (χ4v) is 3.00. The third kappa shape index (κ3) is 2.84. The molecule has 1 saturated heterocycles. The Hall–Kier alpha value is 0.200. The average Bonchev–Trinajstić information content (AvgIpc) is 2.20. The Kier molecular flexibility index (Phi) is 5.20. The van der Waals surface area contributed by atoms with Crippen molar-refractivity contribution in [3.63, 3.8) is 0 Å². The van der Waals surface area contributed by atoms with E-state index >= 15 is 0 Å². The third-order valence-corrected chi connectivity index (χ3v) is 4.34. The van der Waals surface area contributed by atoms with Crippen LogP contribution in [0.3, 0.4) is 0 Å². The molecule has 1 atom stereocenters. The van der Waals surface area contributed by atoms with E-state index in [1.807, 2.05) is 0 Å². The van der Waals surface area contributed by atoms with Gasteiger partial charge in [-0.2, -0.15) is 0 Å². The van der Waals surface area contributed by atoms with E-state index in [0.29, 0.717) is 9.96 Å². The highest BCUT2D eigenvalue weighted by molar-refractivity contribution is 14.1. The van der Waals surface area contributed by atoms with Crippen molar-refractivity contribution in [1.29, 1.82) is 0 Å². The Morgan fingerprint density at radius 3 is 2.57 bits per heavy atom. The molecule has 14 heavy (non-hydrogen) atoms.